The molecule has 0 bridgehead atoms. The van der Waals surface area contributed by atoms with Crippen LogP contribution in [0.15, 0.2) is 0 Å². The van der Waals surface area contributed by atoms with Crippen molar-refractivity contribution >= 4 is 5.97 Å². The second-order valence-corrected chi connectivity index (χ2v) is 23.8. The third kappa shape index (κ3) is 10.8. The van der Waals surface area contributed by atoms with Gasteiger partial charge in [-0.15, -0.1) is 0 Å². The van der Waals surface area contributed by atoms with E-state index in [1.807, 2.05) is 34.6 Å². The highest BCUT2D eigenvalue weighted by molar-refractivity contribution is 5.70. The second-order valence-electron chi connectivity index (χ2n) is 23.8. The van der Waals surface area contributed by atoms with Crippen LogP contribution in [0.5, 0.6) is 0 Å². The first-order valence-electron chi connectivity index (χ1n) is 26.9. The molecule has 71 heavy (non-hydrogen) atoms. The predicted octanol–water partition coefficient (Wildman–Crippen LogP) is 5.85. The SMILES string of the molecule is CO[C@@H]1[C@@H](O[C@H]2CC[C@H](OC)[C@@H](C)O2)[C@H](C)[C@@](O)(C(C)C(=O)O)O[C@H]1[C@@H](C)[C@H]1O[C@@]2(CC[C@@](C)([C@H]3CC[C@@](C)([C@@H]4O[C@@H]([C@H]5O[C@](C)(O)[C@H](C)C[C@@H]5C)C[C@@H]4O[C@H]4CC[C@H](OC)[C@@H](C)O4)O3)O2)C[C@H](O)[C@H]1C. The maximum absolute atomic E-state index is 12.6. The van der Waals surface area contributed by atoms with E-state index in [1.54, 1.807) is 35.2 Å². The third-order valence-corrected chi connectivity index (χ3v) is 18.9. The monoisotopic (exact) mass is 1010 g/mol. The first-order chi connectivity index (χ1) is 33.3. The highest BCUT2D eigenvalue weighted by atomic mass is 16.7. The Morgan fingerprint density at radius 1 is 0.676 bits per heavy atom. The quantitative estimate of drug-likeness (QED) is 0.161. The molecule has 27 atom stereocenters. The van der Waals surface area contributed by atoms with Crippen LogP contribution in [0, 0.1) is 35.5 Å². The van der Waals surface area contributed by atoms with Gasteiger partial charge >= 0.3 is 5.97 Å². The van der Waals surface area contributed by atoms with Crippen molar-refractivity contribution in [2.75, 3.05) is 21.3 Å². The van der Waals surface area contributed by atoms with Gasteiger partial charge < -0.3 is 82.0 Å². The molecule has 8 aliphatic rings. The fourth-order valence-corrected chi connectivity index (χ4v) is 13.9. The number of carbonyl (C=O) groups is 1. The summed E-state index contributed by atoms with van der Waals surface area (Å²) in [6.07, 6.45) is -0.901. The molecule has 1 spiro atoms. The molecule has 1 unspecified atom stereocenters. The Morgan fingerprint density at radius 3 is 1.90 bits per heavy atom. The molecule has 8 aliphatic heterocycles. The molecule has 410 valence electrons. The second kappa shape index (κ2) is 21.3. The average Bonchev–Trinajstić information content (AvgIpc) is 4.03. The molecule has 0 aromatic heterocycles. The molecule has 0 saturated carbocycles. The summed E-state index contributed by atoms with van der Waals surface area (Å²) in [6, 6.07) is 0. The number of hydrogen-bond acceptors (Lipinski definition) is 17. The molecule has 4 N–H and O–H groups in total. The molecule has 18 nitrogen and oxygen atoms in total. The van der Waals surface area contributed by atoms with E-state index in [2.05, 4.69) is 20.8 Å². The van der Waals surface area contributed by atoms with Gasteiger partial charge in [0.1, 0.15) is 18.1 Å². The molecule has 8 saturated heterocycles. The van der Waals surface area contributed by atoms with Gasteiger partial charge in [0.2, 0.25) is 0 Å². The smallest absolute Gasteiger partial charge is 0.311 e. The Balaban J connectivity index is 0.999. The number of aliphatic hydroxyl groups is 3. The van der Waals surface area contributed by atoms with E-state index in [9.17, 15) is 25.2 Å². The molecular formula is C53H90O18. The topological polar surface area (TPSA) is 218 Å². The molecule has 0 amide bonds. The van der Waals surface area contributed by atoms with Crippen LogP contribution in [0.3, 0.4) is 0 Å². The van der Waals surface area contributed by atoms with Gasteiger partial charge in [-0.25, -0.2) is 0 Å². The molecule has 0 aromatic rings. The van der Waals surface area contributed by atoms with E-state index in [4.69, 9.17) is 61.6 Å². The number of ether oxygens (including phenoxy) is 13. The predicted molar refractivity (Wildman–Crippen MR) is 255 cm³/mol. The lowest BCUT2D eigenvalue weighted by Gasteiger charge is -2.55. The molecule has 8 fully saturated rings. The van der Waals surface area contributed by atoms with Gasteiger partial charge in [0, 0.05) is 77.1 Å². The van der Waals surface area contributed by atoms with Crippen LogP contribution in [0.1, 0.15) is 147 Å². The molecule has 0 aromatic carbocycles. The highest BCUT2D eigenvalue weighted by Gasteiger charge is 2.64. The number of methoxy groups -OCH3 is 3. The Morgan fingerprint density at radius 2 is 1.31 bits per heavy atom. The summed E-state index contributed by atoms with van der Waals surface area (Å²) in [7, 11) is 4.91. The maximum atomic E-state index is 12.6. The van der Waals surface area contributed by atoms with Gasteiger partial charge in [-0.3, -0.25) is 4.79 Å². The zero-order valence-corrected chi connectivity index (χ0v) is 45.0. The third-order valence-electron chi connectivity index (χ3n) is 18.9. The van der Waals surface area contributed by atoms with Crippen LogP contribution < -0.4 is 0 Å². The fourth-order valence-electron chi connectivity index (χ4n) is 13.9. The van der Waals surface area contributed by atoms with E-state index in [0.717, 1.165) is 12.8 Å². The van der Waals surface area contributed by atoms with E-state index in [0.29, 0.717) is 51.4 Å². The van der Waals surface area contributed by atoms with Gasteiger partial charge in [0.05, 0.1) is 84.4 Å². The first-order valence-corrected chi connectivity index (χ1v) is 26.9. The number of aliphatic hydroxyl groups excluding tert-OH is 1. The van der Waals surface area contributed by atoms with E-state index in [-0.39, 0.29) is 67.1 Å². The van der Waals surface area contributed by atoms with Gasteiger partial charge in [-0.1, -0.05) is 34.6 Å². The minimum Gasteiger partial charge on any atom is -0.481 e. The summed E-state index contributed by atoms with van der Waals surface area (Å²) in [4.78, 5) is 12.6. The van der Waals surface area contributed by atoms with Crippen LogP contribution >= 0.6 is 0 Å². The largest absolute Gasteiger partial charge is 0.481 e. The molecule has 0 aliphatic carbocycles. The molecule has 8 heterocycles. The molecular weight excluding hydrogens is 925 g/mol. The summed E-state index contributed by atoms with van der Waals surface area (Å²) in [5.41, 5.74) is -1.60. The van der Waals surface area contributed by atoms with Gasteiger partial charge in [-0.2, -0.15) is 0 Å². The van der Waals surface area contributed by atoms with Crippen molar-refractivity contribution in [3.63, 3.8) is 0 Å². The van der Waals surface area contributed by atoms with Crippen LogP contribution in [0.2, 0.25) is 0 Å². The summed E-state index contributed by atoms with van der Waals surface area (Å²) in [5.74, 6) is -8.91. The van der Waals surface area contributed by atoms with Gasteiger partial charge in [0.25, 0.3) is 0 Å². The standard InChI is InChI=1S/C53H90O18/c1-26-23-27(2)51(11,57)68-42(26)37-24-38(64-40-17-15-35(59-12)32(7)62-40)47(65-37)50(10)20-19-39(67-50)49(9)21-22-52(71-49)25-34(54)28(3)43(69-52)29(4)44-46(61-14)45(30(5)53(58,70-44)31(6)48(55)56)66-41-18-16-36(60-13)33(8)63-41/h26-47,54,57-58H,15-25H2,1-14H3,(H,55,56)/t26-,27+,28+,29-,30-,31?,32+,33+,34-,35-,36-,37+,38-,39+,40-,41-,42-,43-,44-,45-,46-,47+,49-,50-,51-,52+,53-/m0/s1. The van der Waals surface area contributed by atoms with Crippen LogP contribution in [-0.2, 0) is 66.4 Å². The van der Waals surface area contributed by atoms with E-state index in [1.165, 1.54) is 6.92 Å². The van der Waals surface area contributed by atoms with Crippen LogP contribution in [-0.4, -0.2) is 174 Å². The normalized spacial score (nSPS) is 53.8. The number of carboxylic acids is 1. The summed E-state index contributed by atoms with van der Waals surface area (Å²) in [5, 5.41) is 45.9. The zero-order chi connectivity index (χ0) is 51.7. The van der Waals surface area contributed by atoms with Crippen molar-refractivity contribution in [3.05, 3.63) is 0 Å². The van der Waals surface area contributed by atoms with Gasteiger partial charge in [0.15, 0.2) is 29.9 Å². The Labute approximate surface area is 421 Å². The lowest BCUT2D eigenvalue weighted by atomic mass is 9.73. The van der Waals surface area contributed by atoms with Crippen molar-refractivity contribution in [2.45, 2.75) is 273 Å². The highest BCUT2D eigenvalue weighted by Crippen LogP contribution is 2.55. The van der Waals surface area contributed by atoms with Gasteiger partial charge in [-0.05, 0) is 86.0 Å². The van der Waals surface area contributed by atoms with E-state index < -0.39 is 107 Å². The lowest BCUT2D eigenvalue weighted by Crippen LogP contribution is -2.68. The number of carboxylic acid groups (broad SMARTS) is 1. The first kappa shape index (κ1) is 56.0. The molecule has 0 radical (unpaired) electrons. The van der Waals surface area contributed by atoms with Crippen molar-refractivity contribution < 1.29 is 86.8 Å². The zero-order valence-electron chi connectivity index (χ0n) is 45.0. The van der Waals surface area contributed by atoms with Crippen molar-refractivity contribution in [1.82, 2.24) is 0 Å². The maximum Gasteiger partial charge on any atom is 0.311 e. The van der Waals surface area contributed by atoms with Crippen molar-refractivity contribution in [1.29, 1.82) is 0 Å². The summed E-state index contributed by atoms with van der Waals surface area (Å²) < 4.78 is 85.3. The Kier molecular flexibility index (Phi) is 16.8. The molecule has 8 rings (SSSR count). The van der Waals surface area contributed by atoms with Crippen molar-refractivity contribution in [2.24, 2.45) is 35.5 Å². The Bertz CT molecular complexity index is 1810. The lowest BCUT2D eigenvalue weighted by molar-refractivity contribution is -0.385. The number of rotatable bonds is 14. The van der Waals surface area contributed by atoms with Crippen LogP contribution in [0.25, 0.3) is 0 Å². The minimum atomic E-state index is -2.16. The van der Waals surface area contributed by atoms with E-state index >= 15 is 0 Å². The summed E-state index contributed by atoms with van der Waals surface area (Å²) >= 11 is 0. The average molecular weight is 1020 g/mol. The van der Waals surface area contributed by atoms with Crippen LogP contribution in [0.4, 0.5) is 0 Å². The van der Waals surface area contributed by atoms with Crippen molar-refractivity contribution in [3.8, 4) is 0 Å². The number of aliphatic carboxylic acids is 1. The Hall–Kier alpha value is -1.17. The number of hydrogen-bond donors (Lipinski definition) is 4. The summed E-state index contributed by atoms with van der Waals surface area (Å²) in [6.45, 7) is 21.0. The fraction of sp³-hybridized carbons (Fsp3) is 0.981. The minimum absolute atomic E-state index is 0.0100. The molecule has 18 heteroatoms.